The number of aromatic nitrogens is 3. The van der Waals surface area contributed by atoms with Crippen molar-refractivity contribution in [1.29, 1.82) is 0 Å². The van der Waals surface area contributed by atoms with Gasteiger partial charge in [0.15, 0.2) is 17.2 Å². The van der Waals surface area contributed by atoms with Crippen molar-refractivity contribution in [2.24, 2.45) is 11.5 Å². The second-order valence-electron chi connectivity index (χ2n) is 8.44. The molecule has 2 atom stereocenters. The molecule has 2 unspecified atom stereocenters. The van der Waals surface area contributed by atoms with Crippen LogP contribution in [0.3, 0.4) is 0 Å². The average molecular weight is 490 g/mol. The molecule has 6 N–H and O–H groups in total. The molecule has 1 aromatic carbocycles. The van der Waals surface area contributed by atoms with Crippen LogP contribution in [-0.4, -0.2) is 68.8 Å². The SMILES string of the molecule is COc1cc(C(=O)N2CC(OC(C)(N)N)CC2CO)cn2nc(NCc3cccc(Cl)c3)nc12. The Balaban J connectivity index is 1.56. The summed E-state index contributed by atoms with van der Waals surface area (Å²) in [6, 6.07) is 8.64. The van der Waals surface area contributed by atoms with Crippen LogP contribution < -0.4 is 21.5 Å². The summed E-state index contributed by atoms with van der Waals surface area (Å²) in [5, 5.41) is 18.0. The minimum atomic E-state index is -1.33. The van der Waals surface area contributed by atoms with E-state index in [0.29, 0.717) is 40.9 Å². The van der Waals surface area contributed by atoms with Gasteiger partial charge in [0.2, 0.25) is 5.95 Å². The van der Waals surface area contributed by atoms with Gasteiger partial charge in [-0.3, -0.25) is 16.3 Å². The monoisotopic (exact) mass is 489 g/mol. The number of halogens is 1. The van der Waals surface area contributed by atoms with E-state index in [1.165, 1.54) is 18.5 Å². The van der Waals surface area contributed by atoms with Gasteiger partial charge in [0.25, 0.3) is 5.91 Å². The summed E-state index contributed by atoms with van der Waals surface area (Å²) in [6.45, 7) is 2.04. The fraction of sp³-hybridized carbons (Fsp3) is 0.409. The van der Waals surface area contributed by atoms with Crippen molar-refractivity contribution >= 4 is 29.1 Å². The van der Waals surface area contributed by atoms with Crippen molar-refractivity contribution in [2.75, 3.05) is 25.6 Å². The smallest absolute Gasteiger partial charge is 0.255 e. The molecule has 2 aromatic heterocycles. The van der Waals surface area contributed by atoms with Crippen molar-refractivity contribution in [2.45, 2.75) is 37.9 Å². The van der Waals surface area contributed by atoms with E-state index < -0.39 is 11.9 Å². The number of likely N-dealkylation sites (tertiary alicyclic amines) is 1. The maximum absolute atomic E-state index is 13.3. The third-order valence-electron chi connectivity index (χ3n) is 5.47. The Morgan fingerprint density at radius 2 is 2.18 bits per heavy atom. The number of pyridine rings is 1. The molecule has 1 fully saturated rings. The van der Waals surface area contributed by atoms with Crippen LogP contribution in [0.1, 0.15) is 29.3 Å². The van der Waals surface area contributed by atoms with Crippen molar-refractivity contribution in [3.8, 4) is 5.75 Å². The molecule has 3 heterocycles. The molecule has 1 amide bonds. The second-order valence-corrected chi connectivity index (χ2v) is 8.87. The first-order valence-electron chi connectivity index (χ1n) is 10.8. The van der Waals surface area contributed by atoms with E-state index in [1.807, 2.05) is 18.2 Å². The number of hydrogen-bond donors (Lipinski definition) is 4. The van der Waals surface area contributed by atoms with Crippen LogP contribution in [0.2, 0.25) is 5.02 Å². The summed E-state index contributed by atoms with van der Waals surface area (Å²) in [4.78, 5) is 19.4. The third kappa shape index (κ3) is 5.40. The molecule has 1 saturated heterocycles. The van der Waals surface area contributed by atoms with Gasteiger partial charge in [0, 0.05) is 24.3 Å². The summed E-state index contributed by atoms with van der Waals surface area (Å²) in [5.74, 6) is -0.875. The number of aliphatic hydroxyl groups excluding tert-OH is 1. The minimum absolute atomic E-state index is 0.211. The highest BCUT2D eigenvalue weighted by atomic mass is 35.5. The Morgan fingerprint density at radius 1 is 1.38 bits per heavy atom. The number of carbonyl (C=O) groups is 1. The van der Waals surface area contributed by atoms with Gasteiger partial charge in [-0.1, -0.05) is 23.7 Å². The van der Waals surface area contributed by atoms with E-state index in [1.54, 1.807) is 23.2 Å². The zero-order valence-electron chi connectivity index (χ0n) is 18.9. The van der Waals surface area contributed by atoms with Gasteiger partial charge in [0.1, 0.15) is 0 Å². The Hall–Kier alpha value is -2.96. The molecular weight excluding hydrogens is 462 g/mol. The minimum Gasteiger partial charge on any atom is -0.493 e. The van der Waals surface area contributed by atoms with Crippen LogP contribution in [0, 0.1) is 0 Å². The normalized spacial score (nSPS) is 18.5. The van der Waals surface area contributed by atoms with Gasteiger partial charge in [0.05, 0.1) is 31.4 Å². The van der Waals surface area contributed by atoms with Crippen LogP contribution in [0.5, 0.6) is 5.75 Å². The zero-order valence-corrected chi connectivity index (χ0v) is 19.7. The number of aliphatic hydroxyl groups is 1. The molecule has 34 heavy (non-hydrogen) atoms. The number of nitrogens with two attached hydrogens (primary N) is 2. The lowest BCUT2D eigenvalue weighted by molar-refractivity contribution is -0.0698. The molecule has 0 bridgehead atoms. The standard InChI is InChI=1S/C22H28ClN7O4/c1-22(24,25)34-17-8-16(12-31)29(11-17)20(32)14-7-18(33-2)19-27-21(28-30(19)10-14)26-9-13-4-3-5-15(23)6-13/h3-7,10,16-17,31H,8-9,11-12,24-25H2,1-2H3,(H,26,28). The summed E-state index contributed by atoms with van der Waals surface area (Å²) < 4.78 is 12.6. The van der Waals surface area contributed by atoms with Gasteiger partial charge < -0.3 is 24.8 Å². The number of amides is 1. The Bertz CT molecular complexity index is 1180. The van der Waals surface area contributed by atoms with Crippen molar-refractivity contribution < 1.29 is 19.4 Å². The van der Waals surface area contributed by atoms with Crippen molar-refractivity contribution in [3.63, 3.8) is 0 Å². The third-order valence-corrected chi connectivity index (χ3v) is 5.71. The Morgan fingerprint density at radius 3 is 2.85 bits per heavy atom. The van der Waals surface area contributed by atoms with Crippen LogP contribution in [0.15, 0.2) is 36.5 Å². The lowest BCUT2D eigenvalue weighted by Gasteiger charge is -2.25. The average Bonchev–Trinajstić information content (AvgIpc) is 3.38. The Labute approximate surface area is 201 Å². The molecule has 12 heteroatoms. The number of hydrogen-bond acceptors (Lipinski definition) is 9. The van der Waals surface area contributed by atoms with Gasteiger partial charge in [-0.2, -0.15) is 4.98 Å². The number of nitrogens with zero attached hydrogens (tertiary/aromatic N) is 4. The number of methoxy groups -OCH3 is 1. The molecule has 0 radical (unpaired) electrons. The molecule has 0 saturated carbocycles. The zero-order chi connectivity index (χ0) is 24.5. The van der Waals surface area contributed by atoms with Crippen LogP contribution in [0.4, 0.5) is 5.95 Å². The number of rotatable bonds is 8. The highest BCUT2D eigenvalue weighted by Crippen LogP contribution is 2.27. The van der Waals surface area contributed by atoms with E-state index >= 15 is 0 Å². The largest absolute Gasteiger partial charge is 0.493 e. The summed E-state index contributed by atoms with van der Waals surface area (Å²) in [6.07, 6.45) is 1.61. The van der Waals surface area contributed by atoms with E-state index in [2.05, 4.69) is 15.4 Å². The number of benzene rings is 1. The highest BCUT2D eigenvalue weighted by molar-refractivity contribution is 6.30. The predicted molar refractivity (Wildman–Crippen MR) is 126 cm³/mol. The number of nitrogens with one attached hydrogen (secondary N) is 1. The van der Waals surface area contributed by atoms with E-state index in [4.69, 9.17) is 32.5 Å². The van der Waals surface area contributed by atoms with Crippen molar-refractivity contribution in [1.82, 2.24) is 19.5 Å². The maximum atomic E-state index is 13.3. The lowest BCUT2D eigenvalue weighted by atomic mass is 10.2. The molecule has 4 rings (SSSR count). The molecular formula is C22H28ClN7O4. The summed E-state index contributed by atoms with van der Waals surface area (Å²) in [7, 11) is 1.50. The van der Waals surface area contributed by atoms with E-state index in [0.717, 1.165) is 5.56 Å². The van der Waals surface area contributed by atoms with Gasteiger partial charge in [-0.05, 0) is 37.1 Å². The maximum Gasteiger partial charge on any atom is 0.255 e. The van der Waals surface area contributed by atoms with Gasteiger partial charge >= 0.3 is 0 Å². The molecule has 182 valence electrons. The van der Waals surface area contributed by atoms with Crippen LogP contribution in [0.25, 0.3) is 5.65 Å². The number of carbonyl (C=O) groups excluding carboxylic acids is 1. The van der Waals surface area contributed by atoms with E-state index in [9.17, 15) is 9.90 Å². The number of anilines is 1. The van der Waals surface area contributed by atoms with Crippen molar-refractivity contribution in [3.05, 3.63) is 52.7 Å². The fourth-order valence-corrected chi connectivity index (χ4v) is 4.24. The molecule has 11 nitrogen and oxygen atoms in total. The molecule has 1 aliphatic rings. The van der Waals surface area contributed by atoms with Gasteiger partial charge in [-0.25, -0.2) is 4.52 Å². The Kier molecular flexibility index (Phi) is 6.91. The molecule has 1 aliphatic heterocycles. The topological polar surface area (TPSA) is 153 Å². The number of ether oxygens (including phenoxy) is 2. The number of fused-ring (bicyclic) bond motifs is 1. The molecule has 3 aromatic rings. The first kappa shape index (κ1) is 24.2. The first-order valence-corrected chi connectivity index (χ1v) is 11.1. The fourth-order valence-electron chi connectivity index (χ4n) is 4.03. The molecule has 0 aliphatic carbocycles. The van der Waals surface area contributed by atoms with Crippen LogP contribution >= 0.6 is 11.6 Å². The second kappa shape index (κ2) is 9.72. The summed E-state index contributed by atoms with van der Waals surface area (Å²) >= 11 is 6.04. The lowest BCUT2D eigenvalue weighted by Crippen LogP contribution is -2.51. The highest BCUT2D eigenvalue weighted by Gasteiger charge is 2.38. The van der Waals surface area contributed by atoms with Crippen LogP contribution in [-0.2, 0) is 11.3 Å². The van der Waals surface area contributed by atoms with E-state index in [-0.39, 0.29) is 25.2 Å². The van der Waals surface area contributed by atoms with Gasteiger partial charge in [-0.15, -0.1) is 5.10 Å². The molecule has 0 spiro atoms. The quantitative estimate of drug-likeness (QED) is 0.341. The predicted octanol–water partition coefficient (Wildman–Crippen LogP) is 1.19. The first-order chi connectivity index (χ1) is 16.2. The summed E-state index contributed by atoms with van der Waals surface area (Å²) in [5.41, 5.74) is 13.3.